The molecule has 0 spiro atoms. The number of aromatic nitrogens is 2. The lowest BCUT2D eigenvalue weighted by atomic mass is 10.1. The average molecular weight is 292 g/mol. The Labute approximate surface area is 125 Å². The largest absolute Gasteiger partial charge is 0.398 e. The van der Waals surface area contributed by atoms with Crippen molar-refractivity contribution in [3.05, 3.63) is 65.6 Å². The van der Waals surface area contributed by atoms with Crippen molar-refractivity contribution < 1.29 is 9.59 Å². The Kier molecular flexibility index (Phi) is 2.53. The highest BCUT2D eigenvalue weighted by Gasteiger charge is 2.37. The van der Waals surface area contributed by atoms with Gasteiger partial charge in [0.15, 0.2) is 0 Å². The number of hydrogen-bond acceptors (Lipinski definition) is 4. The molecular formula is C16H12N4O2. The third kappa shape index (κ3) is 1.70. The smallest absolute Gasteiger partial charge is 0.264 e. The summed E-state index contributed by atoms with van der Waals surface area (Å²) in [6.45, 7) is 0.132. The van der Waals surface area contributed by atoms with Crippen molar-refractivity contribution in [2.75, 3.05) is 5.73 Å². The first kappa shape index (κ1) is 12.6. The predicted octanol–water partition coefficient (Wildman–Crippen LogP) is 1.71. The third-order valence-electron chi connectivity index (χ3n) is 3.77. The summed E-state index contributed by atoms with van der Waals surface area (Å²) in [6.07, 6.45) is 3.68. The van der Waals surface area contributed by atoms with Gasteiger partial charge in [-0.3, -0.25) is 14.5 Å². The number of carbonyl (C=O) groups excluding carboxylic acids is 2. The first-order valence-corrected chi connectivity index (χ1v) is 6.82. The predicted molar refractivity (Wildman–Crippen MR) is 80.3 cm³/mol. The molecule has 0 saturated heterocycles. The molecule has 4 rings (SSSR count). The Morgan fingerprint density at radius 3 is 2.68 bits per heavy atom. The molecule has 2 N–H and O–H groups in total. The molecule has 1 aliphatic rings. The number of anilines is 1. The van der Waals surface area contributed by atoms with Crippen LogP contribution in [0.5, 0.6) is 0 Å². The van der Waals surface area contributed by atoms with E-state index in [0.717, 1.165) is 5.65 Å². The van der Waals surface area contributed by atoms with E-state index in [1.165, 1.54) is 4.90 Å². The maximum atomic E-state index is 12.4. The van der Waals surface area contributed by atoms with Gasteiger partial charge in [-0.1, -0.05) is 12.1 Å². The van der Waals surface area contributed by atoms with Gasteiger partial charge < -0.3 is 10.1 Å². The van der Waals surface area contributed by atoms with Crippen LogP contribution in [0, 0.1) is 0 Å². The lowest BCUT2D eigenvalue weighted by Gasteiger charge is -2.11. The van der Waals surface area contributed by atoms with Crippen LogP contribution in [0.4, 0.5) is 5.69 Å². The van der Waals surface area contributed by atoms with Crippen molar-refractivity contribution in [3.8, 4) is 0 Å². The fourth-order valence-corrected chi connectivity index (χ4v) is 2.73. The van der Waals surface area contributed by atoms with Crippen LogP contribution < -0.4 is 5.73 Å². The number of benzene rings is 1. The molecule has 0 fully saturated rings. The van der Waals surface area contributed by atoms with E-state index in [0.29, 0.717) is 16.9 Å². The van der Waals surface area contributed by atoms with Crippen LogP contribution in [0.3, 0.4) is 0 Å². The maximum Gasteiger partial charge on any atom is 0.264 e. The molecule has 1 aliphatic heterocycles. The standard InChI is InChI=1S/C16H12N4O2/c17-12-5-3-4-11-14(12)16(22)20(15(11)21)9-10-8-19-7-2-1-6-13(19)18-10/h1-8H,9,17H2. The van der Waals surface area contributed by atoms with Crippen LogP contribution >= 0.6 is 0 Å². The number of imidazole rings is 1. The van der Waals surface area contributed by atoms with Crippen LogP contribution in [-0.2, 0) is 6.54 Å². The van der Waals surface area contributed by atoms with Crippen LogP contribution in [0.15, 0.2) is 48.8 Å². The van der Waals surface area contributed by atoms with Gasteiger partial charge in [-0.05, 0) is 24.3 Å². The summed E-state index contributed by atoms with van der Waals surface area (Å²) in [5.74, 6) is -0.695. The highest BCUT2D eigenvalue weighted by molar-refractivity contribution is 6.23. The van der Waals surface area contributed by atoms with Crippen molar-refractivity contribution in [1.29, 1.82) is 0 Å². The highest BCUT2D eigenvalue weighted by Crippen LogP contribution is 2.28. The average Bonchev–Trinajstić information content (AvgIpc) is 3.03. The van der Waals surface area contributed by atoms with Crippen LogP contribution in [-0.4, -0.2) is 26.1 Å². The molecule has 2 amide bonds. The van der Waals surface area contributed by atoms with Gasteiger partial charge in [-0.15, -0.1) is 0 Å². The number of nitrogens with two attached hydrogens (primary N) is 1. The molecule has 3 heterocycles. The molecule has 0 aliphatic carbocycles. The molecular weight excluding hydrogens is 280 g/mol. The zero-order valence-electron chi connectivity index (χ0n) is 11.6. The molecule has 2 aromatic heterocycles. The number of nitrogens with zero attached hydrogens (tertiary/aromatic N) is 3. The van der Waals surface area contributed by atoms with E-state index in [-0.39, 0.29) is 23.9 Å². The zero-order valence-corrected chi connectivity index (χ0v) is 11.6. The molecule has 108 valence electrons. The van der Waals surface area contributed by atoms with Crippen molar-refractivity contribution in [1.82, 2.24) is 14.3 Å². The molecule has 0 unspecified atom stereocenters. The van der Waals surface area contributed by atoms with Crippen molar-refractivity contribution in [3.63, 3.8) is 0 Å². The summed E-state index contributed by atoms with van der Waals surface area (Å²) < 4.78 is 1.85. The topological polar surface area (TPSA) is 80.7 Å². The molecule has 6 heteroatoms. The van der Waals surface area contributed by atoms with E-state index in [1.54, 1.807) is 18.2 Å². The number of imide groups is 1. The number of rotatable bonds is 2. The Hall–Kier alpha value is -3.15. The number of nitrogen functional groups attached to an aromatic ring is 1. The van der Waals surface area contributed by atoms with Crippen molar-refractivity contribution in [2.45, 2.75) is 6.54 Å². The SMILES string of the molecule is Nc1cccc2c1C(=O)N(Cc1cn3ccccc3n1)C2=O. The van der Waals surface area contributed by atoms with Crippen molar-refractivity contribution >= 4 is 23.1 Å². The zero-order chi connectivity index (χ0) is 15.3. The molecule has 3 aromatic rings. The van der Waals surface area contributed by atoms with Gasteiger partial charge in [-0.25, -0.2) is 4.98 Å². The maximum absolute atomic E-state index is 12.4. The number of pyridine rings is 1. The highest BCUT2D eigenvalue weighted by atomic mass is 16.2. The Morgan fingerprint density at radius 1 is 1.05 bits per heavy atom. The molecule has 0 atom stereocenters. The summed E-state index contributed by atoms with van der Waals surface area (Å²) in [7, 11) is 0. The summed E-state index contributed by atoms with van der Waals surface area (Å²) in [6, 6.07) is 10.6. The van der Waals surface area contributed by atoms with Crippen molar-refractivity contribution in [2.24, 2.45) is 0 Å². The third-order valence-corrected chi connectivity index (χ3v) is 3.77. The van der Waals surface area contributed by atoms with Gasteiger partial charge in [0, 0.05) is 18.1 Å². The second-order valence-electron chi connectivity index (χ2n) is 5.16. The summed E-state index contributed by atoms with van der Waals surface area (Å²) in [5.41, 5.74) is 8.22. The van der Waals surface area contributed by atoms with Gasteiger partial charge in [0.2, 0.25) is 0 Å². The quantitative estimate of drug-likeness (QED) is 0.576. The monoisotopic (exact) mass is 292 g/mol. The van der Waals surface area contributed by atoms with Gasteiger partial charge in [0.25, 0.3) is 11.8 Å². The lowest BCUT2D eigenvalue weighted by Crippen LogP contribution is -2.29. The van der Waals surface area contributed by atoms with E-state index in [2.05, 4.69) is 4.98 Å². The van der Waals surface area contributed by atoms with E-state index < -0.39 is 0 Å². The van der Waals surface area contributed by atoms with Gasteiger partial charge in [-0.2, -0.15) is 0 Å². The molecule has 0 radical (unpaired) electrons. The van der Waals surface area contributed by atoms with Gasteiger partial charge in [0.05, 0.1) is 23.4 Å². The van der Waals surface area contributed by atoms with Crippen LogP contribution in [0.25, 0.3) is 5.65 Å². The second-order valence-corrected chi connectivity index (χ2v) is 5.16. The normalized spacial score (nSPS) is 13.9. The number of carbonyl (C=O) groups is 2. The summed E-state index contributed by atoms with van der Waals surface area (Å²) in [4.78, 5) is 30.4. The van der Waals surface area contributed by atoms with Crippen LogP contribution in [0.1, 0.15) is 26.4 Å². The summed E-state index contributed by atoms with van der Waals surface area (Å²) >= 11 is 0. The molecule has 0 bridgehead atoms. The van der Waals surface area contributed by atoms with Crippen LogP contribution in [0.2, 0.25) is 0 Å². The Morgan fingerprint density at radius 2 is 1.91 bits per heavy atom. The minimum atomic E-state index is -0.366. The first-order chi connectivity index (χ1) is 10.6. The Bertz CT molecular complexity index is 896. The molecule has 0 saturated carbocycles. The molecule has 22 heavy (non-hydrogen) atoms. The summed E-state index contributed by atoms with van der Waals surface area (Å²) in [5, 5.41) is 0. The number of amides is 2. The van der Waals surface area contributed by atoms with Gasteiger partial charge in [0.1, 0.15) is 5.65 Å². The van der Waals surface area contributed by atoms with Gasteiger partial charge >= 0.3 is 0 Å². The molecule has 6 nitrogen and oxygen atoms in total. The fraction of sp³-hybridized carbons (Fsp3) is 0.0625. The fourth-order valence-electron chi connectivity index (χ4n) is 2.73. The van der Waals surface area contributed by atoms with E-state index in [9.17, 15) is 9.59 Å². The van der Waals surface area contributed by atoms with E-state index in [4.69, 9.17) is 5.73 Å². The lowest BCUT2D eigenvalue weighted by molar-refractivity contribution is 0.0641. The number of hydrogen-bond donors (Lipinski definition) is 1. The minimum Gasteiger partial charge on any atom is -0.398 e. The minimum absolute atomic E-state index is 0.132. The second kappa shape index (κ2) is 4.42. The molecule has 1 aromatic carbocycles. The van der Waals surface area contributed by atoms with E-state index in [1.807, 2.05) is 35.0 Å². The number of fused-ring (bicyclic) bond motifs is 2. The Balaban J connectivity index is 1.71. The first-order valence-electron chi connectivity index (χ1n) is 6.82. The van der Waals surface area contributed by atoms with E-state index >= 15 is 0 Å².